The number of carbonyl (C=O) groups is 5. The average Bonchev–Trinajstić information content (AvgIpc) is 3.28. The topological polar surface area (TPSA) is 194 Å². The number of hydrogen-bond acceptors (Lipinski definition) is 7. The summed E-state index contributed by atoms with van der Waals surface area (Å²) in [4.78, 5) is 60.2. The number of phenols is 1. The second-order valence-corrected chi connectivity index (χ2v) is 7.81. The SMILES string of the molecule is CC(NC(=O)C(CC(=O)O)NC(=O)C(Cc1ccc(O)cc1)NC(=O)C1CCCN1)C(=O)O. The molecule has 0 radical (unpaired) electrons. The lowest BCUT2D eigenvalue weighted by molar-refractivity contribution is -0.143. The van der Waals surface area contributed by atoms with Gasteiger partial charge in [0.15, 0.2) is 0 Å². The molecule has 1 saturated heterocycles. The summed E-state index contributed by atoms with van der Waals surface area (Å²) in [5.74, 6) is -4.89. The number of carboxylic acid groups (broad SMARTS) is 2. The van der Waals surface area contributed by atoms with E-state index < -0.39 is 60.2 Å². The Hall–Kier alpha value is -3.67. The molecule has 1 heterocycles. The highest BCUT2D eigenvalue weighted by atomic mass is 16.4. The van der Waals surface area contributed by atoms with E-state index in [1.807, 2.05) is 0 Å². The van der Waals surface area contributed by atoms with E-state index in [1.165, 1.54) is 19.1 Å². The summed E-state index contributed by atoms with van der Waals surface area (Å²) >= 11 is 0. The van der Waals surface area contributed by atoms with Gasteiger partial charge in [-0.2, -0.15) is 0 Å². The first-order valence-electron chi connectivity index (χ1n) is 10.4. The van der Waals surface area contributed by atoms with Crippen molar-refractivity contribution < 1.29 is 39.3 Å². The maximum absolute atomic E-state index is 13.0. The Kier molecular flexibility index (Phi) is 9.16. The van der Waals surface area contributed by atoms with Crippen molar-refractivity contribution in [1.82, 2.24) is 21.3 Å². The first-order chi connectivity index (χ1) is 15.6. The fraction of sp³-hybridized carbons (Fsp3) is 0.476. The Balaban J connectivity index is 2.18. The van der Waals surface area contributed by atoms with Crippen LogP contribution in [0.5, 0.6) is 5.75 Å². The molecule has 1 aromatic rings. The van der Waals surface area contributed by atoms with Crippen LogP contribution in [-0.2, 0) is 30.4 Å². The molecule has 1 aliphatic heterocycles. The van der Waals surface area contributed by atoms with Crippen LogP contribution in [0.3, 0.4) is 0 Å². The number of hydrogen-bond donors (Lipinski definition) is 7. The third-order valence-electron chi connectivity index (χ3n) is 5.13. The molecule has 1 fully saturated rings. The second kappa shape index (κ2) is 11.8. The third-order valence-corrected chi connectivity index (χ3v) is 5.13. The molecule has 7 N–H and O–H groups in total. The van der Waals surface area contributed by atoms with Gasteiger partial charge in [0.05, 0.1) is 12.5 Å². The number of carbonyl (C=O) groups excluding carboxylic acids is 3. The molecule has 2 rings (SSSR count). The van der Waals surface area contributed by atoms with Gasteiger partial charge in [0.2, 0.25) is 17.7 Å². The number of aliphatic carboxylic acids is 2. The van der Waals surface area contributed by atoms with Crippen molar-refractivity contribution in [1.29, 1.82) is 0 Å². The van der Waals surface area contributed by atoms with Gasteiger partial charge in [0.1, 0.15) is 23.9 Å². The minimum atomic E-state index is -1.55. The number of nitrogens with one attached hydrogen (secondary N) is 4. The zero-order chi connectivity index (χ0) is 24.5. The van der Waals surface area contributed by atoms with Gasteiger partial charge in [-0.3, -0.25) is 24.0 Å². The normalized spacial score (nSPS) is 17.9. The van der Waals surface area contributed by atoms with Gasteiger partial charge >= 0.3 is 11.9 Å². The van der Waals surface area contributed by atoms with Crippen molar-refractivity contribution in [2.75, 3.05) is 6.54 Å². The van der Waals surface area contributed by atoms with E-state index in [2.05, 4.69) is 21.3 Å². The number of phenolic OH excluding ortho intramolecular Hbond substituents is 1. The quantitative estimate of drug-likeness (QED) is 0.209. The molecule has 180 valence electrons. The van der Waals surface area contributed by atoms with Crippen LogP contribution in [0.2, 0.25) is 0 Å². The lowest BCUT2D eigenvalue weighted by Gasteiger charge is -2.24. The summed E-state index contributed by atoms with van der Waals surface area (Å²) in [5, 5.41) is 37.6. The van der Waals surface area contributed by atoms with E-state index in [9.17, 15) is 29.1 Å². The molecule has 12 heteroatoms. The first kappa shape index (κ1) is 25.6. The van der Waals surface area contributed by atoms with Gasteiger partial charge in [0.25, 0.3) is 0 Å². The summed E-state index contributed by atoms with van der Waals surface area (Å²) in [7, 11) is 0. The third kappa shape index (κ3) is 8.07. The molecule has 4 atom stereocenters. The second-order valence-electron chi connectivity index (χ2n) is 7.81. The van der Waals surface area contributed by atoms with Crippen LogP contribution in [0.4, 0.5) is 0 Å². The van der Waals surface area contributed by atoms with Crippen LogP contribution >= 0.6 is 0 Å². The van der Waals surface area contributed by atoms with Crippen molar-refractivity contribution in [3.05, 3.63) is 29.8 Å². The van der Waals surface area contributed by atoms with Crippen LogP contribution < -0.4 is 21.3 Å². The maximum atomic E-state index is 13.0. The number of amides is 3. The molecule has 12 nitrogen and oxygen atoms in total. The molecular weight excluding hydrogens is 436 g/mol. The van der Waals surface area contributed by atoms with Crippen molar-refractivity contribution >= 4 is 29.7 Å². The van der Waals surface area contributed by atoms with Gasteiger partial charge < -0.3 is 36.6 Å². The Morgan fingerprint density at radius 1 is 1.00 bits per heavy atom. The summed E-state index contributed by atoms with van der Waals surface area (Å²) in [6.45, 7) is 1.86. The molecule has 3 amide bonds. The summed E-state index contributed by atoms with van der Waals surface area (Å²) in [6.07, 6.45) is 0.623. The molecule has 1 aromatic carbocycles. The number of aromatic hydroxyl groups is 1. The molecule has 0 spiro atoms. The Morgan fingerprint density at radius 2 is 1.64 bits per heavy atom. The Labute approximate surface area is 189 Å². The molecule has 0 aliphatic carbocycles. The van der Waals surface area contributed by atoms with E-state index in [-0.39, 0.29) is 12.2 Å². The minimum Gasteiger partial charge on any atom is -0.508 e. The van der Waals surface area contributed by atoms with Crippen LogP contribution in [0.15, 0.2) is 24.3 Å². The van der Waals surface area contributed by atoms with Crippen molar-refractivity contribution in [3.63, 3.8) is 0 Å². The van der Waals surface area contributed by atoms with Gasteiger partial charge in [-0.25, -0.2) is 0 Å². The van der Waals surface area contributed by atoms with Crippen LogP contribution in [0.25, 0.3) is 0 Å². The van der Waals surface area contributed by atoms with Gasteiger partial charge in [-0.05, 0) is 44.0 Å². The summed E-state index contributed by atoms with van der Waals surface area (Å²) in [5.41, 5.74) is 0.603. The van der Waals surface area contributed by atoms with E-state index in [4.69, 9.17) is 10.2 Å². The lowest BCUT2D eigenvalue weighted by Crippen LogP contribution is -2.57. The smallest absolute Gasteiger partial charge is 0.325 e. The largest absolute Gasteiger partial charge is 0.508 e. The number of carboxylic acids is 2. The molecule has 33 heavy (non-hydrogen) atoms. The fourth-order valence-corrected chi connectivity index (χ4v) is 3.29. The first-order valence-corrected chi connectivity index (χ1v) is 10.4. The Bertz CT molecular complexity index is 883. The number of benzene rings is 1. The monoisotopic (exact) mass is 464 g/mol. The van der Waals surface area contributed by atoms with E-state index >= 15 is 0 Å². The highest BCUT2D eigenvalue weighted by molar-refractivity contribution is 5.95. The van der Waals surface area contributed by atoms with Crippen molar-refractivity contribution in [3.8, 4) is 5.75 Å². The summed E-state index contributed by atoms with van der Waals surface area (Å²) < 4.78 is 0. The van der Waals surface area contributed by atoms with Crippen molar-refractivity contribution in [2.24, 2.45) is 0 Å². The predicted molar refractivity (Wildman–Crippen MR) is 114 cm³/mol. The molecular formula is C21H28N4O8. The average molecular weight is 464 g/mol. The standard InChI is InChI=1S/C21H28N4O8/c1-11(21(32)33)23-19(30)16(10-17(27)28)25-20(31)15(9-12-4-6-13(26)7-5-12)24-18(29)14-3-2-8-22-14/h4-7,11,14-16,22,26H,2-3,8-10H2,1H3,(H,23,30)(H,24,29)(H,25,31)(H,27,28)(H,32,33). The Morgan fingerprint density at radius 3 is 2.18 bits per heavy atom. The fourth-order valence-electron chi connectivity index (χ4n) is 3.29. The van der Waals surface area contributed by atoms with Gasteiger partial charge in [-0.1, -0.05) is 12.1 Å². The molecule has 0 saturated carbocycles. The maximum Gasteiger partial charge on any atom is 0.325 e. The molecule has 0 bridgehead atoms. The zero-order valence-corrected chi connectivity index (χ0v) is 18.0. The minimum absolute atomic E-state index is 0.0114. The summed E-state index contributed by atoms with van der Waals surface area (Å²) in [6, 6.07) is 1.47. The van der Waals surface area contributed by atoms with E-state index in [0.29, 0.717) is 18.5 Å². The predicted octanol–water partition coefficient (Wildman–Crippen LogP) is -1.28. The molecule has 4 unspecified atom stereocenters. The molecule has 0 aromatic heterocycles. The van der Waals surface area contributed by atoms with Crippen LogP contribution in [-0.4, -0.2) is 75.7 Å². The van der Waals surface area contributed by atoms with E-state index in [1.54, 1.807) is 12.1 Å². The van der Waals surface area contributed by atoms with Crippen LogP contribution in [0.1, 0.15) is 31.7 Å². The number of rotatable bonds is 11. The highest BCUT2D eigenvalue weighted by Gasteiger charge is 2.32. The molecule has 1 aliphatic rings. The lowest BCUT2D eigenvalue weighted by atomic mass is 10.0. The zero-order valence-electron chi connectivity index (χ0n) is 18.0. The van der Waals surface area contributed by atoms with E-state index in [0.717, 1.165) is 6.42 Å². The van der Waals surface area contributed by atoms with Gasteiger partial charge in [-0.15, -0.1) is 0 Å². The van der Waals surface area contributed by atoms with Crippen LogP contribution in [0, 0.1) is 0 Å². The van der Waals surface area contributed by atoms with Crippen molar-refractivity contribution in [2.45, 2.75) is 56.8 Å². The highest BCUT2D eigenvalue weighted by Crippen LogP contribution is 2.13. The van der Waals surface area contributed by atoms with Gasteiger partial charge in [0, 0.05) is 6.42 Å².